The Morgan fingerprint density at radius 3 is 2.64 bits per heavy atom. The number of hydrogen-bond donors (Lipinski definition) is 2. The maximum atomic E-state index is 12.1. The van der Waals surface area contributed by atoms with Crippen molar-refractivity contribution >= 4 is 17.4 Å². The Bertz CT molecular complexity index is 533. The zero-order valence-electron chi connectivity index (χ0n) is 16.1. The Hall–Kier alpha value is -1.79. The molecule has 6 heteroatoms. The summed E-state index contributed by atoms with van der Waals surface area (Å²) in [6.07, 6.45) is 2.37. The molecule has 0 bridgehead atoms. The lowest BCUT2D eigenvalue weighted by Crippen LogP contribution is -2.54. The Morgan fingerprint density at radius 1 is 1.24 bits per heavy atom. The van der Waals surface area contributed by atoms with Crippen LogP contribution in [0.15, 0.2) is 24.3 Å². The summed E-state index contributed by atoms with van der Waals surface area (Å²) in [4.78, 5) is 19.0. The highest BCUT2D eigenvalue weighted by Gasteiger charge is 2.22. The Morgan fingerprint density at radius 2 is 1.96 bits per heavy atom. The molecule has 0 unspecified atom stereocenters. The van der Waals surface area contributed by atoms with E-state index in [1.165, 1.54) is 18.5 Å². The molecule has 1 aromatic carbocycles. The Labute approximate surface area is 152 Å². The number of nitrogens with one attached hydrogen (secondary N) is 2. The van der Waals surface area contributed by atoms with E-state index in [-0.39, 0.29) is 6.03 Å². The van der Waals surface area contributed by atoms with Crippen LogP contribution >= 0.6 is 0 Å². The number of likely N-dealkylation sites (N-methyl/N-ethyl adjacent to an activating group) is 2. The van der Waals surface area contributed by atoms with Gasteiger partial charge in [0, 0.05) is 57.2 Å². The van der Waals surface area contributed by atoms with Crippen LogP contribution in [-0.4, -0.2) is 75.7 Å². The highest BCUT2D eigenvalue weighted by Crippen LogP contribution is 2.17. The number of nitrogens with zero attached hydrogens (tertiary/aromatic N) is 3. The second-order valence-electron chi connectivity index (χ2n) is 7.05. The molecule has 140 valence electrons. The van der Waals surface area contributed by atoms with E-state index in [0.717, 1.165) is 31.9 Å². The fourth-order valence-electron chi connectivity index (χ4n) is 3.03. The van der Waals surface area contributed by atoms with Crippen molar-refractivity contribution in [2.75, 3.05) is 64.1 Å². The number of amides is 2. The molecule has 0 aromatic heterocycles. The SMILES string of the molecule is CCCCN(C)c1ccc(NC(=O)NC[C@@H]2CN(C)CCN2C)cc1. The molecule has 0 radical (unpaired) electrons. The molecule has 1 saturated heterocycles. The number of unbranched alkanes of at least 4 members (excludes halogenated alkanes) is 1. The molecule has 0 aliphatic carbocycles. The van der Waals surface area contributed by atoms with Gasteiger partial charge in [0.1, 0.15) is 0 Å². The van der Waals surface area contributed by atoms with E-state index in [1.807, 2.05) is 12.1 Å². The molecular formula is C19H33N5O. The maximum absolute atomic E-state index is 12.1. The van der Waals surface area contributed by atoms with Gasteiger partial charge in [0.25, 0.3) is 0 Å². The highest BCUT2D eigenvalue weighted by atomic mass is 16.2. The van der Waals surface area contributed by atoms with Gasteiger partial charge in [-0.15, -0.1) is 0 Å². The number of anilines is 2. The van der Waals surface area contributed by atoms with Crippen LogP contribution in [0.5, 0.6) is 0 Å². The molecular weight excluding hydrogens is 314 g/mol. The first-order valence-corrected chi connectivity index (χ1v) is 9.24. The number of benzene rings is 1. The minimum Gasteiger partial charge on any atom is -0.375 e. The number of carbonyl (C=O) groups excluding carboxylic acids is 1. The average molecular weight is 348 g/mol. The van der Waals surface area contributed by atoms with Gasteiger partial charge >= 0.3 is 6.03 Å². The summed E-state index contributed by atoms with van der Waals surface area (Å²) in [5.41, 5.74) is 1.99. The third kappa shape index (κ3) is 6.21. The number of piperazine rings is 1. The van der Waals surface area contributed by atoms with Crippen LogP contribution in [0.1, 0.15) is 19.8 Å². The van der Waals surface area contributed by atoms with E-state index in [9.17, 15) is 4.79 Å². The predicted octanol–water partition coefficient (Wildman–Crippen LogP) is 2.29. The van der Waals surface area contributed by atoms with Gasteiger partial charge < -0.3 is 20.4 Å². The molecule has 0 saturated carbocycles. The number of urea groups is 1. The summed E-state index contributed by atoms with van der Waals surface area (Å²) in [7, 11) is 6.34. The number of carbonyl (C=O) groups is 1. The van der Waals surface area contributed by atoms with Gasteiger partial charge in [-0.1, -0.05) is 13.3 Å². The largest absolute Gasteiger partial charge is 0.375 e. The number of hydrogen-bond acceptors (Lipinski definition) is 4. The van der Waals surface area contributed by atoms with Crippen molar-refractivity contribution in [3.05, 3.63) is 24.3 Å². The second-order valence-corrected chi connectivity index (χ2v) is 7.05. The van der Waals surface area contributed by atoms with Crippen molar-refractivity contribution in [1.29, 1.82) is 0 Å². The standard InChI is InChI=1S/C19H33N5O/c1-5-6-11-23(3)17-9-7-16(8-10-17)21-19(25)20-14-18-15-22(2)12-13-24(18)4/h7-10,18H,5-6,11-15H2,1-4H3,(H2,20,21,25)/t18-/m1/s1. The third-order valence-corrected chi connectivity index (χ3v) is 4.89. The molecule has 6 nitrogen and oxygen atoms in total. The first-order valence-electron chi connectivity index (χ1n) is 9.24. The van der Waals surface area contributed by atoms with Crippen molar-refractivity contribution in [2.24, 2.45) is 0 Å². The van der Waals surface area contributed by atoms with E-state index >= 15 is 0 Å². The molecule has 0 spiro atoms. The van der Waals surface area contributed by atoms with Crippen molar-refractivity contribution in [2.45, 2.75) is 25.8 Å². The molecule has 1 heterocycles. The van der Waals surface area contributed by atoms with Gasteiger partial charge in [0.15, 0.2) is 0 Å². The molecule has 1 aromatic rings. The first-order chi connectivity index (χ1) is 12.0. The summed E-state index contributed by atoms with van der Waals surface area (Å²) >= 11 is 0. The van der Waals surface area contributed by atoms with Crippen molar-refractivity contribution in [3.63, 3.8) is 0 Å². The van der Waals surface area contributed by atoms with E-state index in [0.29, 0.717) is 12.6 Å². The summed E-state index contributed by atoms with van der Waals surface area (Å²) in [6, 6.07) is 8.23. The molecule has 25 heavy (non-hydrogen) atoms. The molecule has 1 aliphatic heterocycles. The van der Waals surface area contributed by atoms with E-state index < -0.39 is 0 Å². The lowest BCUT2D eigenvalue weighted by atomic mass is 10.2. The fraction of sp³-hybridized carbons (Fsp3) is 0.632. The lowest BCUT2D eigenvalue weighted by molar-refractivity contribution is 0.115. The first kappa shape index (κ1) is 19.5. The molecule has 2 N–H and O–H groups in total. The van der Waals surface area contributed by atoms with Crippen molar-refractivity contribution in [3.8, 4) is 0 Å². The smallest absolute Gasteiger partial charge is 0.319 e. The molecule has 2 amide bonds. The monoisotopic (exact) mass is 347 g/mol. The van der Waals surface area contributed by atoms with Gasteiger partial charge in [0.2, 0.25) is 0 Å². The molecule has 1 atom stereocenters. The summed E-state index contributed by atoms with van der Waals surface area (Å²) in [6.45, 7) is 7.01. The Kier molecular flexibility index (Phi) is 7.52. The predicted molar refractivity (Wildman–Crippen MR) is 106 cm³/mol. The zero-order chi connectivity index (χ0) is 18.2. The van der Waals surface area contributed by atoms with Crippen LogP contribution in [0.25, 0.3) is 0 Å². The number of rotatable bonds is 7. The van der Waals surface area contributed by atoms with Crippen LogP contribution in [0.2, 0.25) is 0 Å². The van der Waals surface area contributed by atoms with Crippen LogP contribution in [0.4, 0.5) is 16.2 Å². The lowest BCUT2D eigenvalue weighted by Gasteiger charge is -2.37. The quantitative estimate of drug-likeness (QED) is 0.795. The van der Waals surface area contributed by atoms with Gasteiger partial charge in [-0.25, -0.2) is 4.79 Å². The highest BCUT2D eigenvalue weighted by molar-refractivity contribution is 5.89. The summed E-state index contributed by atoms with van der Waals surface area (Å²) in [5.74, 6) is 0. The van der Waals surface area contributed by atoms with Crippen LogP contribution in [-0.2, 0) is 0 Å². The average Bonchev–Trinajstić information content (AvgIpc) is 2.61. The van der Waals surface area contributed by atoms with Gasteiger partial charge in [0.05, 0.1) is 0 Å². The minimum atomic E-state index is -0.145. The van der Waals surface area contributed by atoms with Gasteiger partial charge in [-0.05, 0) is 44.8 Å². The summed E-state index contributed by atoms with van der Waals surface area (Å²) in [5, 5.41) is 5.90. The second kappa shape index (κ2) is 9.63. The van der Waals surface area contributed by atoms with E-state index in [1.54, 1.807) is 0 Å². The molecule has 1 aliphatic rings. The van der Waals surface area contributed by atoms with Crippen LogP contribution in [0.3, 0.4) is 0 Å². The fourth-order valence-corrected chi connectivity index (χ4v) is 3.03. The van der Waals surface area contributed by atoms with E-state index in [2.05, 4.69) is 65.5 Å². The topological polar surface area (TPSA) is 50.9 Å². The Balaban J connectivity index is 1.78. The van der Waals surface area contributed by atoms with Crippen molar-refractivity contribution in [1.82, 2.24) is 15.1 Å². The molecule has 2 rings (SSSR count). The maximum Gasteiger partial charge on any atom is 0.319 e. The normalized spacial score (nSPS) is 18.8. The van der Waals surface area contributed by atoms with Crippen LogP contribution < -0.4 is 15.5 Å². The van der Waals surface area contributed by atoms with Crippen LogP contribution in [0, 0.1) is 0 Å². The third-order valence-electron chi connectivity index (χ3n) is 4.89. The van der Waals surface area contributed by atoms with Crippen molar-refractivity contribution < 1.29 is 4.79 Å². The molecule has 1 fully saturated rings. The van der Waals surface area contributed by atoms with Gasteiger partial charge in [-0.2, -0.15) is 0 Å². The van der Waals surface area contributed by atoms with E-state index in [4.69, 9.17) is 0 Å². The summed E-state index contributed by atoms with van der Waals surface area (Å²) < 4.78 is 0. The van der Waals surface area contributed by atoms with Gasteiger partial charge in [-0.3, -0.25) is 4.90 Å². The minimum absolute atomic E-state index is 0.145. The zero-order valence-corrected chi connectivity index (χ0v) is 16.1.